The van der Waals surface area contributed by atoms with E-state index in [9.17, 15) is 26.4 Å². The Kier molecular flexibility index (Phi) is 6.79. The van der Waals surface area contributed by atoms with Crippen molar-refractivity contribution in [3.05, 3.63) is 65.2 Å². The molecule has 2 aromatic carbocycles. The normalized spacial score (nSPS) is 17.1. The zero-order valence-electron chi connectivity index (χ0n) is 15.9. The molecular formula is C20H21F3N2O4S. The van der Waals surface area contributed by atoms with E-state index in [1.54, 1.807) is 0 Å². The van der Waals surface area contributed by atoms with E-state index >= 15 is 0 Å². The molecule has 1 fully saturated rings. The minimum Gasteiger partial charge on any atom is -0.377 e. The lowest BCUT2D eigenvalue weighted by atomic mass is 10.1. The standard InChI is InChI=1S/C20H21F3N2O4S/c21-20(22,23)16-6-1-4-14(10-16)12-24-19(26)15-5-2-8-18(11-15)30(27,28)25-13-17-7-3-9-29-17/h1-2,4-6,8,10-11,17,25H,3,7,9,12-13H2,(H,24,26). The van der Waals surface area contributed by atoms with E-state index in [1.165, 1.54) is 36.4 Å². The second-order valence-corrected chi connectivity index (χ2v) is 8.66. The van der Waals surface area contributed by atoms with Gasteiger partial charge < -0.3 is 10.1 Å². The fourth-order valence-electron chi connectivity index (χ4n) is 3.04. The highest BCUT2D eigenvalue weighted by Gasteiger charge is 2.30. The number of sulfonamides is 1. The summed E-state index contributed by atoms with van der Waals surface area (Å²) in [6.45, 7) is 0.624. The first-order chi connectivity index (χ1) is 14.1. The van der Waals surface area contributed by atoms with Crippen LogP contribution in [0.25, 0.3) is 0 Å². The van der Waals surface area contributed by atoms with Crippen molar-refractivity contribution in [2.24, 2.45) is 0 Å². The van der Waals surface area contributed by atoms with Crippen LogP contribution in [-0.4, -0.2) is 33.6 Å². The SMILES string of the molecule is O=C(NCc1cccc(C(F)(F)F)c1)c1cccc(S(=O)(=O)NCC2CCCO2)c1. The molecule has 1 atom stereocenters. The molecule has 2 N–H and O–H groups in total. The largest absolute Gasteiger partial charge is 0.416 e. The lowest BCUT2D eigenvalue weighted by Crippen LogP contribution is -2.32. The Morgan fingerprint density at radius 3 is 2.60 bits per heavy atom. The first-order valence-electron chi connectivity index (χ1n) is 9.31. The van der Waals surface area contributed by atoms with Crippen LogP contribution in [0.2, 0.25) is 0 Å². The lowest BCUT2D eigenvalue weighted by molar-refractivity contribution is -0.137. The second-order valence-electron chi connectivity index (χ2n) is 6.90. The molecule has 0 aromatic heterocycles. The number of hydrogen-bond donors (Lipinski definition) is 2. The molecule has 1 aliphatic rings. The molecule has 10 heteroatoms. The number of halogens is 3. The summed E-state index contributed by atoms with van der Waals surface area (Å²) in [6, 6.07) is 10.1. The van der Waals surface area contributed by atoms with Gasteiger partial charge in [0, 0.05) is 25.3 Å². The summed E-state index contributed by atoms with van der Waals surface area (Å²) < 4.78 is 71.2. The predicted octanol–water partition coefficient (Wildman–Crippen LogP) is 3.09. The molecule has 1 aliphatic heterocycles. The molecule has 0 saturated carbocycles. The van der Waals surface area contributed by atoms with E-state index in [0.717, 1.165) is 25.0 Å². The van der Waals surface area contributed by atoms with Crippen LogP contribution in [0.3, 0.4) is 0 Å². The number of benzene rings is 2. The lowest BCUT2D eigenvalue weighted by Gasteiger charge is -2.12. The molecule has 1 heterocycles. The average molecular weight is 442 g/mol. The van der Waals surface area contributed by atoms with Crippen LogP contribution in [0.5, 0.6) is 0 Å². The van der Waals surface area contributed by atoms with Crippen LogP contribution in [0.15, 0.2) is 53.4 Å². The summed E-state index contributed by atoms with van der Waals surface area (Å²) in [5.41, 5.74) is -0.443. The van der Waals surface area contributed by atoms with Gasteiger partial charge in [-0.15, -0.1) is 0 Å². The molecule has 0 bridgehead atoms. The number of amides is 1. The van der Waals surface area contributed by atoms with Crippen molar-refractivity contribution in [3.63, 3.8) is 0 Å². The molecule has 1 saturated heterocycles. The van der Waals surface area contributed by atoms with Gasteiger partial charge in [0.05, 0.1) is 16.6 Å². The minimum absolute atomic E-state index is 0.0767. The maximum Gasteiger partial charge on any atom is 0.416 e. The Hall–Kier alpha value is -2.43. The molecule has 6 nitrogen and oxygen atoms in total. The number of rotatable bonds is 7. The summed E-state index contributed by atoms with van der Waals surface area (Å²) in [7, 11) is -3.83. The monoisotopic (exact) mass is 442 g/mol. The molecule has 2 aromatic rings. The highest BCUT2D eigenvalue weighted by Crippen LogP contribution is 2.29. The van der Waals surface area contributed by atoms with Gasteiger partial charge in [-0.3, -0.25) is 4.79 Å². The number of nitrogens with one attached hydrogen (secondary N) is 2. The van der Waals surface area contributed by atoms with Crippen molar-refractivity contribution < 1.29 is 31.1 Å². The zero-order valence-corrected chi connectivity index (χ0v) is 16.7. The van der Waals surface area contributed by atoms with Crippen molar-refractivity contribution in [3.8, 4) is 0 Å². The van der Waals surface area contributed by atoms with Crippen molar-refractivity contribution in [1.29, 1.82) is 0 Å². The summed E-state index contributed by atoms with van der Waals surface area (Å²) in [6.07, 6.45) is -2.98. The molecule has 1 unspecified atom stereocenters. The van der Waals surface area contributed by atoms with Gasteiger partial charge in [0.25, 0.3) is 5.91 Å². The number of carbonyl (C=O) groups excluding carboxylic acids is 1. The van der Waals surface area contributed by atoms with Crippen molar-refractivity contribution in [2.45, 2.75) is 36.6 Å². The van der Waals surface area contributed by atoms with Gasteiger partial charge >= 0.3 is 6.18 Å². The Morgan fingerprint density at radius 1 is 1.13 bits per heavy atom. The van der Waals surface area contributed by atoms with Crippen LogP contribution >= 0.6 is 0 Å². The quantitative estimate of drug-likeness (QED) is 0.690. The van der Waals surface area contributed by atoms with Crippen LogP contribution in [0.4, 0.5) is 13.2 Å². The van der Waals surface area contributed by atoms with Gasteiger partial charge in [-0.1, -0.05) is 18.2 Å². The highest BCUT2D eigenvalue weighted by atomic mass is 32.2. The maximum atomic E-state index is 12.8. The van der Waals surface area contributed by atoms with Crippen LogP contribution in [-0.2, 0) is 27.5 Å². The number of ether oxygens (including phenoxy) is 1. The van der Waals surface area contributed by atoms with E-state index < -0.39 is 27.7 Å². The number of carbonyl (C=O) groups is 1. The van der Waals surface area contributed by atoms with E-state index in [2.05, 4.69) is 10.0 Å². The highest BCUT2D eigenvalue weighted by molar-refractivity contribution is 7.89. The van der Waals surface area contributed by atoms with E-state index in [4.69, 9.17) is 4.74 Å². The third-order valence-corrected chi connectivity index (χ3v) is 6.06. The molecule has 0 aliphatic carbocycles. The minimum atomic E-state index is -4.47. The summed E-state index contributed by atoms with van der Waals surface area (Å²) >= 11 is 0. The van der Waals surface area contributed by atoms with Gasteiger partial charge in [0.1, 0.15) is 0 Å². The van der Waals surface area contributed by atoms with Crippen LogP contribution in [0, 0.1) is 0 Å². The van der Waals surface area contributed by atoms with Crippen molar-refractivity contribution in [2.75, 3.05) is 13.2 Å². The average Bonchev–Trinajstić information content (AvgIpc) is 3.24. The molecule has 3 rings (SSSR count). The Balaban J connectivity index is 1.64. The smallest absolute Gasteiger partial charge is 0.377 e. The predicted molar refractivity (Wildman–Crippen MR) is 103 cm³/mol. The third-order valence-electron chi connectivity index (χ3n) is 4.64. The topological polar surface area (TPSA) is 84.5 Å². The van der Waals surface area contributed by atoms with Gasteiger partial charge in [-0.25, -0.2) is 13.1 Å². The van der Waals surface area contributed by atoms with Gasteiger partial charge in [0.15, 0.2) is 0 Å². The second kappa shape index (κ2) is 9.15. The Labute approximate surface area is 172 Å². The number of hydrogen-bond acceptors (Lipinski definition) is 4. The van der Waals surface area contributed by atoms with E-state index in [-0.39, 0.29) is 35.2 Å². The van der Waals surface area contributed by atoms with Gasteiger partial charge in [0.2, 0.25) is 10.0 Å². The molecule has 30 heavy (non-hydrogen) atoms. The molecule has 162 valence electrons. The van der Waals surface area contributed by atoms with E-state index in [1.807, 2.05) is 0 Å². The van der Waals surface area contributed by atoms with Crippen molar-refractivity contribution in [1.82, 2.24) is 10.0 Å². The summed E-state index contributed by atoms with van der Waals surface area (Å²) in [4.78, 5) is 12.3. The first kappa shape index (κ1) is 22.3. The van der Waals surface area contributed by atoms with Crippen molar-refractivity contribution >= 4 is 15.9 Å². The van der Waals surface area contributed by atoms with Crippen LogP contribution in [0.1, 0.15) is 34.3 Å². The molecule has 1 amide bonds. The van der Waals surface area contributed by atoms with Gasteiger partial charge in [-0.2, -0.15) is 13.2 Å². The first-order valence-corrected chi connectivity index (χ1v) is 10.8. The molecule has 0 radical (unpaired) electrons. The number of alkyl halides is 3. The summed E-state index contributed by atoms with van der Waals surface area (Å²) in [5, 5.41) is 2.51. The maximum absolute atomic E-state index is 12.8. The van der Waals surface area contributed by atoms with Crippen LogP contribution < -0.4 is 10.0 Å². The zero-order chi connectivity index (χ0) is 21.8. The Morgan fingerprint density at radius 2 is 1.90 bits per heavy atom. The van der Waals surface area contributed by atoms with E-state index in [0.29, 0.717) is 6.61 Å². The molecule has 0 spiro atoms. The fraction of sp³-hybridized carbons (Fsp3) is 0.350. The Bertz CT molecular complexity index is 1000. The third kappa shape index (κ3) is 5.80. The van der Waals surface area contributed by atoms with Gasteiger partial charge in [-0.05, 0) is 48.7 Å². The fourth-order valence-corrected chi connectivity index (χ4v) is 4.15. The molecular weight excluding hydrogens is 421 g/mol. The summed E-state index contributed by atoms with van der Waals surface area (Å²) in [5.74, 6) is -0.594.